The summed E-state index contributed by atoms with van der Waals surface area (Å²) in [5.41, 5.74) is 8.08. The quantitative estimate of drug-likeness (QED) is 0.496. The van der Waals surface area contributed by atoms with E-state index in [1.54, 1.807) is 16.9 Å². The smallest absolute Gasteiger partial charge is 0.269 e. The predicted octanol–water partition coefficient (Wildman–Crippen LogP) is 1.73. The van der Waals surface area contributed by atoms with Crippen LogP contribution in [-0.4, -0.2) is 14.7 Å². The van der Waals surface area contributed by atoms with E-state index in [9.17, 15) is 10.1 Å². The van der Waals surface area contributed by atoms with Gasteiger partial charge in [-0.3, -0.25) is 14.8 Å². The summed E-state index contributed by atoms with van der Waals surface area (Å²) in [5.74, 6) is 0. The molecule has 6 heteroatoms. The molecule has 0 fully saturated rings. The Kier molecular flexibility index (Phi) is 2.78. The average Bonchev–Trinajstić information content (AvgIpc) is 2.67. The fraction of sp³-hybridized carbons (Fsp3) is 0.182. The Balaban J connectivity index is 2.31. The molecule has 0 aliphatic rings. The first kappa shape index (κ1) is 11.1. The van der Waals surface area contributed by atoms with Crippen LogP contribution in [0.1, 0.15) is 11.1 Å². The van der Waals surface area contributed by atoms with Crippen LogP contribution in [0.2, 0.25) is 0 Å². The number of aryl methyl sites for hydroxylation is 1. The number of nitrogen functional groups attached to an aromatic ring is 1. The SMILES string of the molecule is Cc1cnn(Cc2cc([N+](=O)[O-])ccc2N)c1. The topological polar surface area (TPSA) is 87.0 Å². The number of nitrogens with zero attached hydrogens (tertiary/aromatic N) is 3. The van der Waals surface area contributed by atoms with Gasteiger partial charge in [-0.1, -0.05) is 0 Å². The van der Waals surface area contributed by atoms with Crippen LogP contribution in [0.3, 0.4) is 0 Å². The van der Waals surface area contributed by atoms with Gasteiger partial charge in [0.2, 0.25) is 0 Å². The van der Waals surface area contributed by atoms with E-state index in [1.807, 2.05) is 13.1 Å². The van der Waals surface area contributed by atoms with Gasteiger partial charge in [-0.05, 0) is 18.6 Å². The molecule has 6 nitrogen and oxygen atoms in total. The van der Waals surface area contributed by atoms with Crippen LogP contribution < -0.4 is 5.73 Å². The molecule has 0 aliphatic carbocycles. The first-order chi connectivity index (χ1) is 8.06. The zero-order valence-electron chi connectivity index (χ0n) is 9.33. The lowest BCUT2D eigenvalue weighted by molar-refractivity contribution is -0.384. The number of hydrogen-bond acceptors (Lipinski definition) is 4. The molecular formula is C11H12N4O2. The molecule has 0 amide bonds. The molecular weight excluding hydrogens is 220 g/mol. The van der Waals surface area contributed by atoms with Crippen molar-refractivity contribution >= 4 is 11.4 Å². The number of rotatable bonds is 3. The molecule has 1 heterocycles. The highest BCUT2D eigenvalue weighted by molar-refractivity contribution is 5.52. The van der Waals surface area contributed by atoms with Crippen molar-refractivity contribution in [2.24, 2.45) is 0 Å². The van der Waals surface area contributed by atoms with Gasteiger partial charge in [-0.2, -0.15) is 5.10 Å². The van der Waals surface area contributed by atoms with Crippen molar-refractivity contribution in [3.05, 3.63) is 51.8 Å². The molecule has 0 bridgehead atoms. The second-order valence-electron chi connectivity index (χ2n) is 3.86. The number of nitro groups is 1. The van der Waals surface area contributed by atoms with Crippen molar-refractivity contribution in [1.82, 2.24) is 9.78 Å². The largest absolute Gasteiger partial charge is 0.398 e. The molecule has 0 atom stereocenters. The van der Waals surface area contributed by atoms with E-state index < -0.39 is 4.92 Å². The summed E-state index contributed by atoms with van der Waals surface area (Å²) in [6.45, 7) is 2.36. The van der Waals surface area contributed by atoms with Gasteiger partial charge < -0.3 is 5.73 Å². The molecule has 2 N–H and O–H groups in total. The Morgan fingerprint density at radius 2 is 2.29 bits per heavy atom. The maximum absolute atomic E-state index is 10.7. The van der Waals surface area contributed by atoms with E-state index in [4.69, 9.17) is 5.73 Å². The highest BCUT2D eigenvalue weighted by Gasteiger charge is 2.09. The van der Waals surface area contributed by atoms with Crippen LogP contribution in [0.4, 0.5) is 11.4 Å². The zero-order chi connectivity index (χ0) is 12.4. The summed E-state index contributed by atoms with van der Waals surface area (Å²) in [4.78, 5) is 10.2. The van der Waals surface area contributed by atoms with Crippen molar-refractivity contribution in [2.75, 3.05) is 5.73 Å². The van der Waals surface area contributed by atoms with Gasteiger partial charge in [0, 0.05) is 29.6 Å². The highest BCUT2D eigenvalue weighted by Crippen LogP contribution is 2.20. The molecule has 0 radical (unpaired) electrons. The number of non-ortho nitro benzene ring substituents is 1. The lowest BCUT2D eigenvalue weighted by Crippen LogP contribution is -2.04. The van der Waals surface area contributed by atoms with Crippen molar-refractivity contribution in [3.8, 4) is 0 Å². The van der Waals surface area contributed by atoms with Crippen LogP contribution in [0.25, 0.3) is 0 Å². The van der Waals surface area contributed by atoms with Crippen LogP contribution in [0.5, 0.6) is 0 Å². The summed E-state index contributed by atoms with van der Waals surface area (Å²) in [6.07, 6.45) is 3.59. The van der Waals surface area contributed by atoms with E-state index in [2.05, 4.69) is 5.10 Å². The van der Waals surface area contributed by atoms with Crippen molar-refractivity contribution in [2.45, 2.75) is 13.5 Å². The summed E-state index contributed by atoms with van der Waals surface area (Å²) in [5, 5.41) is 14.8. The summed E-state index contributed by atoms with van der Waals surface area (Å²) in [6, 6.07) is 4.42. The molecule has 17 heavy (non-hydrogen) atoms. The Morgan fingerprint density at radius 3 is 2.88 bits per heavy atom. The van der Waals surface area contributed by atoms with Gasteiger partial charge in [-0.15, -0.1) is 0 Å². The van der Waals surface area contributed by atoms with Gasteiger partial charge in [0.1, 0.15) is 0 Å². The lowest BCUT2D eigenvalue weighted by Gasteiger charge is -2.05. The first-order valence-electron chi connectivity index (χ1n) is 5.08. The number of nitrogens with two attached hydrogens (primary N) is 1. The molecule has 1 aromatic heterocycles. The average molecular weight is 232 g/mol. The van der Waals surface area contributed by atoms with Crippen LogP contribution in [0.15, 0.2) is 30.6 Å². The maximum atomic E-state index is 10.7. The predicted molar refractivity (Wildman–Crippen MR) is 63.6 cm³/mol. The number of hydrogen-bond donors (Lipinski definition) is 1. The fourth-order valence-corrected chi connectivity index (χ4v) is 1.57. The van der Waals surface area contributed by atoms with Gasteiger partial charge in [0.25, 0.3) is 5.69 Å². The minimum atomic E-state index is -0.433. The molecule has 0 unspecified atom stereocenters. The van der Waals surface area contributed by atoms with Gasteiger partial charge in [0.05, 0.1) is 17.7 Å². The van der Waals surface area contributed by atoms with Gasteiger partial charge in [0.15, 0.2) is 0 Å². The molecule has 0 saturated carbocycles. The molecule has 0 aliphatic heterocycles. The van der Waals surface area contributed by atoms with E-state index in [0.717, 1.165) is 5.56 Å². The van der Waals surface area contributed by atoms with E-state index in [0.29, 0.717) is 17.8 Å². The molecule has 2 aromatic rings. The third-order valence-electron chi connectivity index (χ3n) is 2.43. The number of aromatic nitrogens is 2. The summed E-state index contributed by atoms with van der Waals surface area (Å²) in [7, 11) is 0. The highest BCUT2D eigenvalue weighted by atomic mass is 16.6. The van der Waals surface area contributed by atoms with E-state index >= 15 is 0 Å². The Bertz CT molecular complexity index is 562. The molecule has 0 saturated heterocycles. The molecule has 2 rings (SSSR count). The third kappa shape index (κ3) is 2.41. The molecule has 0 spiro atoms. The first-order valence-corrected chi connectivity index (χ1v) is 5.08. The van der Waals surface area contributed by atoms with Crippen LogP contribution in [0, 0.1) is 17.0 Å². The van der Waals surface area contributed by atoms with Gasteiger partial charge in [-0.25, -0.2) is 0 Å². The third-order valence-corrected chi connectivity index (χ3v) is 2.43. The molecule has 88 valence electrons. The van der Waals surface area contributed by atoms with E-state index in [1.165, 1.54) is 12.1 Å². The number of nitro benzene ring substituents is 1. The molecule has 1 aromatic carbocycles. The monoisotopic (exact) mass is 232 g/mol. The zero-order valence-corrected chi connectivity index (χ0v) is 9.33. The minimum Gasteiger partial charge on any atom is -0.398 e. The Hall–Kier alpha value is -2.37. The van der Waals surface area contributed by atoms with Crippen molar-refractivity contribution in [1.29, 1.82) is 0 Å². The summed E-state index contributed by atoms with van der Waals surface area (Å²) >= 11 is 0. The standard InChI is InChI=1S/C11H12N4O2/c1-8-5-13-14(6-8)7-9-4-10(15(16)17)2-3-11(9)12/h2-6H,7,12H2,1H3. The number of anilines is 1. The lowest BCUT2D eigenvalue weighted by atomic mass is 10.1. The van der Waals surface area contributed by atoms with Gasteiger partial charge >= 0.3 is 0 Å². The fourth-order valence-electron chi connectivity index (χ4n) is 1.57. The number of benzene rings is 1. The second kappa shape index (κ2) is 4.25. The minimum absolute atomic E-state index is 0.0399. The van der Waals surface area contributed by atoms with E-state index in [-0.39, 0.29) is 5.69 Å². The normalized spacial score (nSPS) is 10.4. The van der Waals surface area contributed by atoms with Crippen molar-refractivity contribution < 1.29 is 4.92 Å². The second-order valence-corrected chi connectivity index (χ2v) is 3.86. The maximum Gasteiger partial charge on any atom is 0.269 e. The van der Waals surface area contributed by atoms with Crippen LogP contribution in [-0.2, 0) is 6.54 Å². The Morgan fingerprint density at radius 1 is 1.53 bits per heavy atom. The Labute approximate surface area is 97.8 Å². The van der Waals surface area contributed by atoms with Crippen LogP contribution >= 0.6 is 0 Å². The van der Waals surface area contributed by atoms with Crippen molar-refractivity contribution in [3.63, 3.8) is 0 Å². The summed E-state index contributed by atoms with van der Waals surface area (Å²) < 4.78 is 1.70.